The summed E-state index contributed by atoms with van der Waals surface area (Å²) in [5.41, 5.74) is 4.47. The third-order valence-corrected chi connectivity index (χ3v) is 4.19. The van der Waals surface area contributed by atoms with Crippen molar-refractivity contribution >= 4 is 16.8 Å². The molecule has 0 spiro atoms. The minimum atomic E-state index is -0.120. The van der Waals surface area contributed by atoms with Crippen LogP contribution < -0.4 is 5.32 Å². The van der Waals surface area contributed by atoms with Gasteiger partial charge in [-0.25, -0.2) is 0 Å². The summed E-state index contributed by atoms with van der Waals surface area (Å²) in [4.78, 5) is 12.5. The first-order chi connectivity index (χ1) is 11.6. The van der Waals surface area contributed by atoms with E-state index in [0.717, 1.165) is 27.9 Å². The van der Waals surface area contributed by atoms with Crippen molar-refractivity contribution in [3.8, 4) is 0 Å². The van der Waals surface area contributed by atoms with Crippen LogP contribution in [0.1, 0.15) is 27.3 Å². The number of benzene rings is 1. The van der Waals surface area contributed by atoms with Gasteiger partial charge in [-0.2, -0.15) is 10.2 Å². The first kappa shape index (κ1) is 16.2. The van der Waals surface area contributed by atoms with Gasteiger partial charge in [-0.05, 0) is 26.0 Å². The lowest BCUT2D eigenvalue weighted by molar-refractivity contribution is 0.0952. The van der Waals surface area contributed by atoms with Crippen LogP contribution in [-0.4, -0.2) is 39.6 Å². The number of nitrogens with zero attached hydrogens (tertiary/aromatic N) is 3. The molecule has 0 aliphatic heterocycles. The maximum absolute atomic E-state index is 12.5. The Bertz CT molecular complexity index is 865. The average Bonchev–Trinajstić information content (AvgIpc) is 3.15. The highest BCUT2D eigenvalue weighted by molar-refractivity contribution is 6.05. The third-order valence-electron chi connectivity index (χ3n) is 4.19. The van der Waals surface area contributed by atoms with E-state index in [1.165, 1.54) is 0 Å². The van der Waals surface area contributed by atoms with Crippen LogP contribution in [0.15, 0.2) is 24.4 Å². The number of ether oxygens (including phenoxy) is 1. The Kier molecular flexibility index (Phi) is 4.61. The molecule has 0 saturated heterocycles. The number of hydrogen-bond donors (Lipinski definition) is 2. The number of H-pyrrole nitrogens is 1. The largest absolute Gasteiger partial charge is 0.383 e. The number of rotatable bonds is 6. The maximum Gasteiger partial charge on any atom is 0.252 e. The molecule has 0 radical (unpaired) electrons. The number of aromatic amines is 1. The van der Waals surface area contributed by atoms with Crippen LogP contribution in [-0.2, 0) is 17.8 Å². The van der Waals surface area contributed by atoms with Crippen molar-refractivity contribution in [1.29, 1.82) is 0 Å². The lowest BCUT2D eigenvalue weighted by atomic mass is 10.1. The lowest BCUT2D eigenvalue weighted by Gasteiger charge is -2.07. The first-order valence-corrected chi connectivity index (χ1v) is 7.84. The predicted molar refractivity (Wildman–Crippen MR) is 90.8 cm³/mol. The summed E-state index contributed by atoms with van der Waals surface area (Å²) < 4.78 is 7.01. The van der Waals surface area contributed by atoms with E-state index in [4.69, 9.17) is 4.74 Å². The van der Waals surface area contributed by atoms with Crippen molar-refractivity contribution in [2.24, 2.45) is 0 Å². The Morgan fingerprint density at radius 2 is 2.21 bits per heavy atom. The number of hydrogen-bond acceptors (Lipinski definition) is 4. The summed E-state index contributed by atoms with van der Waals surface area (Å²) >= 11 is 0. The predicted octanol–water partition coefficient (Wildman–Crippen LogP) is 1.95. The van der Waals surface area contributed by atoms with Crippen LogP contribution >= 0.6 is 0 Å². The van der Waals surface area contributed by atoms with Gasteiger partial charge in [-0.3, -0.25) is 14.6 Å². The highest BCUT2D eigenvalue weighted by Gasteiger charge is 2.15. The molecule has 2 heterocycles. The van der Waals surface area contributed by atoms with Gasteiger partial charge >= 0.3 is 0 Å². The second-order valence-corrected chi connectivity index (χ2v) is 5.68. The summed E-state index contributed by atoms with van der Waals surface area (Å²) in [6.45, 7) is 5.71. The van der Waals surface area contributed by atoms with Crippen molar-refractivity contribution in [3.63, 3.8) is 0 Å². The lowest BCUT2D eigenvalue weighted by Crippen LogP contribution is -2.23. The van der Waals surface area contributed by atoms with E-state index in [1.807, 2.05) is 30.7 Å². The Morgan fingerprint density at radius 1 is 1.38 bits per heavy atom. The zero-order valence-electron chi connectivity index (χ0n) is 14.1. The van der Waals surface area contributed by atoms with Crippen LogP contribution in [0, 0.1) is 13.8 Å². The minimum absolute atomic E-state index is 0.120. The monoisotopic (exact) mass is 327 g/mol. The molecule has 0 atom stereocenters. The number of aromatic nitrogens is 4. The number of fused-ring (bicyclic) bond motifs is 1. The fraction of sp³-hybridized carbons (Fsp3) is 0.353. The molecule has 24 heavy (non-hydrogen) atoms. The Labute approximate surface area is 140 Å². The Hall–Kier alpha value is -2.67. The molecule has 0 aliphatic carbocycles. The normalized spacial score (nSPS) is 11.1. The SMILES string of the molecule is COCCn1nc(C)c(CNC(=O)c2cccc3[nH]ncc23)c1C. The number of methoxy groups -OCH3 is 1. The standard InChI is InChI=1S/C17H21N5O2/c1-11-14(12(2)22(21-11)7-8-24-3)9-18-17(23)13-5-4-6-16-15(13)10-19-20-16/h4-6,10H,7-9H2,1-3H3,(H,18,23)(H,19,20). The van der Waals surface area contributed by atoms with Gasteiger partial charge in [-0.15, -0.1) is 0 Å². The molecular weight excluding hydrogens is 306 g/mol. The molecular formula is C17H21N5O2. The van der Waals surface area contributed by atoms with E-state index in [9.17, 15) is 4.79 Å². The number of carbonyl (C=O) groups is 1. The number of amides is 1. The molecule has 3 aromatic rings. The fourth-order valence-electron chi connectivity index (χ4n) is 2.82. The van der Waals surface area contributed by atoms with E-state index in [1.54, 1.807) is 19.4 Å². The molecule has 7 heteroatoms. The molecule has 0 fully saturated rings. The molecule has 0 aliphatic rings. The number of carbonyl (C=O) groups excluding carboxylic acids is 1. The summed E-state index contributed by atoms with van der Waals surface area (Å²) in [6, 6.07) is 5.54. The van der Waals surface area contributed by atoms with Gasteiger partial charge in [0.15, 0.2) is 0 Å². The van der Waals surface area contributed by atoms with Crippen LogP contribution in [0.25, 0.3) is 10.9 Å². The molecule has 126 valence electrons. The van der Waals surface area contributed by atoms with Gasteiger partial charge in [-0.1, -0.05) is 6.07 Å². The van der Waals surface area contributed by atoms with Gasteiger partial charge < -0.3 is 10.1 Å². The zero-order chi connectivity index (χ0) is 17.1. The van der Waals surface area contributed by atoms with E-state index < -0.39 is 0 Å². The number of aryl methyl sites for hydroxylation is 1. The molecule has 0 saturated carbocycles. The molecule has 3 rings (SSSR count). The second-order valence-electron chi connectivity index (χ2n) is 5.68. The van der Waals surface area contributed by atoms with E-state index >= 15 is 0 Å². The topological polar surface area (TPSA) is 84.8 Å². The van der Waals surface area contributed by atoms with Crippen molar-refractivity contribution < 1.29 is 9.53 Å². The Morgan fingerprint density at radius 3 is 3.00 bits per heavy atom. The van der Waals surface area contributed by atoms with Crippen LogP contribution in [0.5, 0.6) is 0 Å². The number of nitrogens with one attached hydrogen (secondary N) is 2. The van der Waals surface area contributed by atoms with E-state index in [0.29, 0.717) is 25.3 Å². The van der Waals surface area contributed by atoms with Gasteiger partial charge in [0, 0.05) is 30.3 Å². The smallest absolute Gasteiger partial charge is 0.252 e. The van der Waals surface area contributed by atoms with Crippen molar-refractivity contribution in [2.45, 2.75) is 26.9 Å². The second kappa shape index (κ2) is 6.84. The van der Waals surface area contributed by atoms with Gasteiger partial charge in [0.05, 0.1) is 36.1 Å². The van der Waals surface area contributed by atoms with Gasteiger partial charge in [0.1, 0.15) is 0 Å². The summed E-state index contributed by atoms with van der Waals surface area (Å²) in [7, 11) is 1.67. The maximum atomic E-state index is 12.5. The molecule has 0 bridgehead atoms. The molecule has 7 nitrogen and oxygen atoms in total. The molecule has 2 aromatic heterocycles. The summed E-state index contributed by atoms with van der Waals surface area (Å²) in [5.74, 6) is -0.120. The van der Waals surface area contributed by atoms with Crippen LogP contribution in [0.3, 0.4) is 0 Å². The summed E-state index contributed by atoms with van der Waals surface area (Å²) in [5, 5.41) is 15.2. The van der Waals surface area contributed by atoms with E-state index in [2.05, 4.69) is 20.6 Å². The molecule has 1 amide bonds. The van der Waals surface area contributed by atoms with E-state index in [-0.39, 0.29) is 5.91 Å². The van der Waals surface area contributed by atoms with Crippen LogP contribution in [0.4, 0.5) is 0 Å². The third kappa shape index (κ3) is 3.03. The molecule has 1 aromatic carbocycles. The van der Waals surface area contributed by atoms with Crippen molar-refractivity contribution in [1.82, 2.24) is 25.3 Å². The van der Waals surface area contributed by atoms with Crippen molar-refractivity contribution in [3.05, 3.63) is 46.9 Å². The average molecular weight is 327 g/mol. The van der Waals surface area contributed by atoms with Crippen LogP contribution in [0.2, 0.25) is 0 Å². The van der Waals surface area contributed by atoms with Gasteiger partial charge in [0.25, 0.3) is 5.91 Å². The summed E-state index contributed by atoms with van der Waals surface area (Å²) in [6.07, 6.45) is 1.67. The Balaban J connectivity index is 1.75. The fourth-order valence-corrected chi connectivity index (χ4v) is 2.82. The molecule has 0 unspecified atom stereocenters. The zero-order valence-corrected chi connectivity index (χ0v) is 14.1. The highest BCUT2D eigenvalue weighted by Crippen LogP contribution is 2.17. The quantitative estimate of drug-likeness (QED) is 0.725. The minimum Gasteiger partial charge on any atom is -0.383 e. The first-order valence-electron chi connectivity index (χ1n) is 7.84. The molecule has 2 N–H and O–H groups in total. The van der Waals surface area contributed by atoms with Gasteiger partial charge in [0.2, 0.25) is 0 Å². The highest BCUT2D eigenvalue weighted by atomic mass is 16.5. The van der Waals surface area contributed by atoms with Crippen molar-refractivity contribution in [2.75, 3.05) is 13.7 Å².